The number of sulfonamides is 1. The first-order valence-electron chi connectivity index (χ1n) is 7.15. The summed E-state index contributed by atoms with van der Waals surface area (Å²) in [7, 11) is -1.45. The lowest BCUT2D eigenvalue weighted by molar-refractivity contribution is 0.208. The largest absolute Gasteiger partial charge is 0.497 e. The zero-order valence-corrected chi connectivity index (χ0v) is 13.0. The minimum atomic E-state index is -3.11. The Bertz CT molecular complexity index is 840. The Balaban J connectivity index is 1.96. The van der Waals surface area contributed by atoms with Crippen LogP contribution in [0.1, 0.15) is 24.6 Å². The first kappa shape index (κ1) is 13.2. The van der Waals surface area contributed by atoms with Crippen LogP contribution in [0.2, 0.25) is 0 Å². The smallest absolute Gasteiger partial charge is 0.215 e. The standard InChI is InChI=1S/C15H18N2O3S/c1-15-6-8-21(18,19)17(15)7-5-11-12-9-10(20-2)3-4-13(12)16-14(11)15/h3-4,9,16H,5-8H2,1-2H3/t15-/m1/s1. The van der Waals surface area contributed by atoms with E-state index in [0.717, 1.165) is 28.8 Å². The fourth-order valence-electron chi connectivity index (χ4n) is 3.79. The van der Waals surface area contributed by atoms with E-state index in [1.54, 1.807) is 11.4 Å². The molecule has 0 bridgehead atoms. The molecule has 0 amide bonds. The van der Waals surface area contributed by atoms with Crippen molar-refractivity contribution < 1.29 is 13.2 Å². The second-order valence-corrected chi connectivity index (χ2v) is 8.06. The van der Waals surface area contributed by atoms with Crippen LogP contribution in [0.4, 0.5) is 0 Å². The fourth-order valence-corrected chi connectivity index (χ4v) is 5.83. The highest BCUT2D eigenvalue weighted by molar-refractivity contribution is 7.89. The van der Waals surface area contributed by atoms with Crippen LogP contribution < -0.4 is 4.74 Å². The maximum Gasteiger partial charge on any atom is 0.215 e. The first-order chi connectivity index (χ1) is 9.95. The average molecular weight is 306 g/mol. The van der Waals surface area contributed by atoms with Crippen LogP contribution in [0.3, 0.4) is 0 Å². The molecular weight excluding hydrogens is 288 g/mol. The fraction of sp³-hybridized carbons (Fsp3) is 0.467. The van der Waals surface area contributed by atoms with Crippen molar-refractivity contribution in [3.63, 3.8) is 0 Å². The van der Waals surface area contributed by atoms with Gasteiger partial charge < -0.3 is 9.72 Å². The van der Waals surface area contributed by atoms with Gasteiger partial charge in [-0.1, -0.05) is 0 Å². The lowest BCUT2D eigenvalue weighted by Gasteiger charge is -2.37. The molecule has 112 valence electrons. The van der Waals surface area contributed by atoms with Gasteiger partial charge in [-0.3, -0.25) is 0 Å². The molecule has 0 spiro atoms. The molecule has 2 aliphatic heterocycles. The predicted octanol–water partition coefficient (Wildman–Crippen LogP) is 1.98. The molecule has 1 aromatic carbocycles. The van der Waals surface area contributed by atoms with Crippen molar-refractivity contribution in [2.24, 2.45) is 0 Å². The molecule has 3 heterocycles. The van der Waals surface area contributed by atoms with Crippen LogP contribution in [0.5, 0.6) is 5.75 Å². The van der Waals surface area contributed by atoms with E-state index in [-0.39, 0.29) is 5.75 Å². The van der Waals surface area contributed by atoms with Crippen molar-refractivity contribution in [1.29, 1.82) is 0 Å². The van der Waals surface area contributed by atoms with Crippen LogP contribution in [0, 0.1) is 0 Å². The van der Waals surface area contributed by atoms with Gasteiger partial charge in [-0.25, -0.2) is 8.42 Å². The third kappa shape index (κ3) is 1.63. The number of ether oxygens (including phenoxy) is 1. The van der Waals surface area contributed by atoms with E-state index in [4.69, 9.17) is 4.74 Å². The number of hydrogen-bond donors (Lipinski definition) is 1. The van der Waals surface area contributed by atoms with Crippen molar-refractivity contribution in [1.82, 2.24) is 9.29 Å². The van der Waals surface area contributed by atoms with Gasteiger partial charge >= 0.3 is 0 Å². The Hall–Kier alpha value is -1.53. The third-order valence-corrected chi connectivity index (χ3v) is 6.93. The number of rotatable bonds is 1. The van der Waals surface area contributed by atoms with Crippen molar-refractivity contribution in [2.75, 3.05) is 19.4 Å². The van der Waals surface area contributed by atoms with Crippen LogP contribution in [-0.4, -0.2) is 37.1 Å². The molecule has 0 unspecified atom stereocenters. The summed E-state index contributed by atoms with van der Waals surface area (Å²) in [5.74, 6) is 1.07. The van der Waals surface area contributed by atoms with Gasteiger partial charge in [0.1, 0.15) is 5.75 Å². The molecule has 2 aliphatic rings. The highest BCUT2D eigenvalue weighted by Crippen LogP contribution is 2.46. The van der Waals surface area contributed by atoms with Gasteiger partial charge in [0, 0.05) is 23.1 Å². The number of benzene rings is 1. The van der Waals surface area contributed by atoms with Gasteiger partial charge in [0.25, 0.3) is 0 Å². The number of nitrogens with zero attached hydrogens (tertiary/aromatic N) is 1. The molecule has 1 saturated heterocycles. The highest BCUT2D eigenvalue weighted by atomic mass is 32.2. The topological polar surface area (TPSA) is 62.4 Å². The Labute approximate surface area is 123 Å². The molecule has 1 fully saturated rings. The zero-order chi connectivity index (χ0) is 14.8. The van der Waals surface area contributed by atoms with Gasteiger partial charge in [0.15, 0.2) is 0 Å². The van der Waals surface area contributed by atoms with Crippen LogP contribution in [0.15, 0.2) is 18.2 Å². The normalized spacial score (nSPS) is 27.5. The highest BCUT2D eigenvalue weighted by Gasteiger charge is 2.51. The number of aromatic nitrogens is 1. The van der Waals surface area contributed by atoms with E-state index in [2.05, 4.69) is 4.98 Å². The number of fused-ring (bicyclic) bond motifs is 5. The molecule has 1 N–H and O–H groups in total. The van der Waals surface area contributed by atoms with Gasteiger partial charge in [0.2, 0.25) is 10.0 Å². The van der Waals surface area contributed by atoms with E-state index in [0.29, 0.717) is 13.0 Å². The minimum absolute atomic E-state index is 0.238. The summed E-state index contributed by atoms with van der Waals surface area (Å²) in [6.45, 7) is 2.60. The second kappa shape index (κ2) is 4.01. The van der Waals surface area contributed by atoms with Crippen LogP contribution in [-0.2, 0) is 22.0 Å². The summed E-state index contributed by atoms with van der Waals surface area (Å²) in [4.78, 5) is 3.46. The average Bonchev–Trinajstić information content (AvgIpc) is 2.95. The Kier molecular flexibility index (Phi) is 2.52. The number of aromatic amines is 1. The Morgan fingerprint density at radius 2 is 2.19 bits per heavy atom. The van der Waals surface area contributed by atoms with Crippen molar-refractivity contribution in [2.45, 2.75) is 25.3 Å². The molecule has 5 nitrogen and oxygen atoms in total. The molecule has 0 saturated carbocycles. The Morgan fingerprint density at radius 3 is 2.95 bits per heavy atom. The van der Waals surface area contributed by atoms with Crippen molar-refractivity contribution >= 4 is 20.9 Å². The number of methoxy groups -OCH3 is 1. The molecular formula is C15H18N2O3S. The molecule has 0 radical (unpaired) electrons. The monoisotopic (exact) mass is 306 g/mol. The zero-order valence-electron chi connectivity index (χ0n) is 12.1. The van der Waals surface area contributed by atoms with E-state index < -0.39 is 15.6 Å². The first-order valence-corrected chi connectivity index (χ1v) is 8.76. The summed E-state index contributed by atoms with van der Waals surface area (Å²) in [6.07, 6.45) is 1.39. The number of H-pyrrole nitrogens is 1. The molecule has 0 aliphatic carbocycles. The quantitative estimate of drug-likeness (QED) is 0.876. The summed E-state index contributed by atoms with van der Waals surface area (Å²) < 4.78 is 31.4. The van der Waals surface area contributed by atoms with Gasteiger partial charge in [-0.2, -0.15) is 4.31 Å². The molecule has 21 heavy (non-hydrogen) atoms. The van der Waals surface area contributed by atoms with E-state index in [1.165, 1.54) is 5.56 Å². The third-order valence-electron chi connectivity index (χ3n) is 4.95. The summed E-state index contributed by atoms with van der Waals surface area (Å²) >= 11 is 0. The predicted molar refractivity (Wildman–Crippen MR) is 81.0 cm³/mol. The van der Waals surface area contributed by atoms with Crippen molar-refractivity contribution in [3.05, 3.63) is 29.5 Å². The minimum Gasteiger partial charge on any atom is -0.497 e. The molecule has 6 heteroatoms. The molecule has 2 aromatic rings. The van der Waals surface area contributed by atoms with Gasteiger partial charge in [0.05, 0.1) is 18.4 Å². The summed E-state index contributed by atoms with van der Waals surface area (Å²) in [6, 6.07) is 5.96. The summed E-state index contributed by atoms with van der Waals surface area (Å²) in [5.41, 5.74) is 2.91. The van der Waals surface area contributed by atoms with E-state index >= 15 is 0 Å². The molecule has 1 aromatic heterocycles. The van der Waals surface area contributed by atoms with Crippen LogP contribution >= 0.6 is 0 Å². The number of nitrogens with one attached hydrogen (secondary N) is 1. The molecule has 1 atom stereocenters. The van der Waals surface area contributed by atoms with Crippen LogP contribution in [0.25, 0.3) is 10.9 Å². The molecule has 4 rings (SSSR count). The van der Waals surface area contributed by atoms with E-state index in [9.17, 15) is 8.42 Å². The maximum absolute atomic E-state index is 12.2. The van der Waals surface area contributed by atoms with Gasteiger partial charge in [-0.15, -0.1) is 0 Å². The summed E-state index contributed by atoms with van der Waals surface area (Å²) in [5, 5.41) is 1.15. The lowest BCUT2D eigenvalue weighted by atomic mass is 9.86. The maximum atomic E-state index is 12.2. The second-order valence-electron chi connectivity index (χ2n) is 6.05. The number of hydrogen-bond acceptors (Lipinski definition) is 3. The van der Waals surface area contributed by atoms with Crippen molar-refractivity contribution in [3.8, 4) is 5.75 Å². The van der Waals surface area contributed by atoms with E-state index in [1.807, 2.05) is 25.1 Å². The lowest BCUT2D eigenvalue weighted by Crippen LogP contribution is -2.45. The van der Waals surface area contributed by atoms with Gasteiger partial charge in [-0.05, 0) is 43.5 Å². The SMILES string of the molecule is COc1ccc2[nH]c3c(c2c1)CCN1[C@]3(C)CCS1(=O)=O. The Morgan fingerprint density at radius 1 is 1.38 bits per heavy atom.